The summed E-state index contributed by atoms with van der Waals surface area (Å²) in [6, 6.07) is 8.24. The Balaban J connectivity index is 1.25. The first-order chi connectivity index (χ1) is 13.5. The van der Waals surface area contributed by atoms with Crippen molar-refractivity contribution in [3.8, 4) is 5.75 Å². The van der Waals surface area contributed by atoms with Crippen LogP contribution in [0.25, 0.3) is 0 Å². The highest BCUT2D eigenvalue weighted by molar-refractivity contribution is 5.81. The number of cyclic esters (lactones) is 1. The van der Waals surface area contributed by atoms with E-state index in [2.05, 4.69) is 35.6 Å². The summed E-state index contributed by atoms with van der Waals surface area (Å²) >= 11 is 0. The molecule has 2 atom stereocenters. The van der Waals surface area contributed by atoms with Crippen LogP contribution in [0.4, 0.5) is 0 Å². The van der Waals surface area contributed by atoms with Gasteiger partial charge in [-0.2, -0.15) is 0 Å². The van der Waals surface area contributed by atoms with Crippen molar-refractivity contribution in [3.63, 3.8) is 0 Å². The van der Waals surface area contributed by atoms with E-state index in [0.29, 0.717) is 6.61 Å². The summed E-state index contributed by atoms with van der Waals surface area (Å²) in [4.78, 5) is 17.3. The van der Waals surface area contributed by atoms with Crippen LogP contribution in [0.15, 0.2) is 36.4 Å². The van der Waals surface area contributed by atoms with Crippen LogP contribution in [0.1, 0.15) is 24.8 Å². The monoisotopic (exact) mass is 384 g/mol. The van der Waals surface area contributed by atoms with E-state index in [0.717, 1.165) is 70.8 Å². The Morgan fingerprint density at radius 2 is 1.96 bits per heavy atom. The number of ether oxygens (including phenoxy) is 2. The van der Waals surface area contributed by atoms with Gasteiger partial charge in [0.1, 0.15) is 5.75 Å². The second-order valence-corrected chi connectivity index (χ2v) is 8.75. The SMILES string of the molecule is C=C1CC2COC(=O)C2(Cc2ccc(OCCCN3CCN(C)CC3)cc2)C1. The molecule has 2 saturated heterocycles. The number of benzene rings is 1. The fourth-order valence-electron chi connectivity index (χ4n) is 4.88. The highest BCUT2D eigenvalue weighted by Gasteiger charge is 2.55. The molecule has 1 aliphatic carbocycles. The highest BCUT2D eigenvalue weighted by Crippen LogP contribution is 2.52. The first kappa shape index (κ1) is 19.5. The minimum Gasteiger partial charge on any atom is -0.494 e. The van der Waals surface area contributed by atoms with Gasteiger partial charge in [0.25, 0.3) is 0 Å². The number of hydrogen-bond donors (Lipinski definition) is 0. The van der Waals surface area contributed by atoms with Crippen molar-refractivity contribution in [3.05, 3.63) is 42.0 Å². The van der Waals surface area contributed by atoms with Gasteiger partial charge in [0.2, 0.25) is 0 Å². The number of hydrogen-bond acceptors (Lipinski definition) is 5. The summed E-state index contributed by atoms with van der Waals surface area (Å²) in [7, 11) is 2.18. The molecular formula is C23H32N2O3. The van der Waals surface area contributed by atoms with Crippen molar-refractivity contribution in [1.82, 2.24) is 9.80 Å². The topological polar surface area (TPSA) is 42.0 Å². The fourth-order valence-corrected chi connectivity index (χ4v) is 4.88. The largest absolute Gasteiger partial charge is 0.494 e. The number of rotatable bonds is 7. The third-order valence-corrected chi connectivity index (χ3v) is 6.63. The Labute approximate surface area is 168 Å². The van der Waals surface area contributed by atoms with E-state index < -0.39 is 0 Å². The van der Waals surface area contributed by atoms with Crippen LogP contribution in [-0.2, 0) is 16.0 Å². The van der Waals surface area contributed by atoms with Crippen LogP contribution >= 0.6 is 0 Å². The number of nitrogens with zero attached hydrogens (tertiary/aromatic N) is 2. The van der Waals surface area contributed by atoms with E-state index in [1.165, 1.54) is 11.1 Å². The lowest BCUT2D eigenvalue weighted by Gasteiger charge is -2.32. The zero-order valence-electron chi connectivity index (χ0n) is 17.0. The molecule has 3 aliphatic rings. The van der Waals surface area contributed by atoms with E-state index in [9.17, 15) is 4.79 Å². The average Bonchev–Trinajstić information content (AvgIpc) is 3.16. The molecule has 2 aliphatic heterocycles. The van der Waals surface area contributed by atoms with Crippen molar-refractivity contribution in [2.24, 2.45) is 11.3 Å². The maximum absolute atomic E-state index is 12.4. The van der Waals surface area contributed by atoms with E-state index in [4.69, 9.17) is 9.47 Å². The lowest BCUT2D eigenvalue weighted by molar-refractivity contribution is -0.146. The third kappa shape index (κ3) is 4.11. The zero-order valence-corrected chi connectivity index (χ0v) is 17.0. The maximum atomic E-state index is 12.4. The van der Waals surface area contributed by atoms with Crippen LogP contribution in [0.5, 0.6) is 5.75 Å². The Morgan fingerprint density at radius 1 is 1.21 bits per heavy atom. The van der Waals surface area contributed by atoms with Crippen LogP contribution in [0.3, 0.4) is 0 Å². The smallest absolute Gasteiger partial charge is 0.313 e. The van der Waals surface area contributed by atoms with E-state index in [1.807, 2.05) is 12.1 Å². The number of allylic oxidation sites excluding steroid dienone is 1. The van der Waals surface area contributed by atoms with Crippen molar-refractivity contribution in [2.75, 3.05) is 53.0 Å². The molecule has 2 heterocycles. The van der Waals surface area contributed by atoms with E-state index in [1.54, 1.807) is 0 Å². The molecule has 4 rings (SSSR count). The van der Waals surface area contributed by atoms with Gasteiger partial charge in [-0.3, -0.25) is 4.79 Å². The molecule has 1 saturated carbocycles. The van der Waals surface area contributed by atoms with Crippen LogP contribution in [0, 0.1) is 11.3 Å². The van der Waals surface area contributed by atoms with Crippen molar-refractivity contribution in [2.45, 2.75) is 25.7 Å². The Kier molecular flexibility index (Phi) is 5.74. The molecular weight excluding hydrogens is 352 g/mol. The predicted molar refractivity (Wildman–Crippen MR) is 109 cm³/mol. The number of fused-ring (bicyclic) bond motifs is 1. The summed E-state index contributed by atoms with van der Waals surface area (Å²) in [6.45, 7) is 11.1. The lowest BCUT2D eigenvalue weighted by Crippen LogP contribution is -2.44. The summed E-state index contributed by atoms with van der Waals surface area (Å²) in [5, 5.41) is 0. The molecule has 0 aromatic heterocycles. The molecule has 0 N–H and O–H groups in total. The molecule has 5 heteroatoms. The molecule has 28 heavy (non-hydrogen) atoms. The minimum absolute atomic E-state index is 0.0413. The number of carbonyl (C=O) groups excluding carboxylic acids is 1. The molecule has 1 aromatic rings. The molecule has 0 spiro atoms. The maximum Gasteiger partial charge on any atom is 0.313 e. The number of piperazine rings is 1. The predicted octanol–water partition coefficient (Wildman–Crippen LogP) is 2.75. The lowest BCUT2D eigenvalue weighted by atomic mass is 9.75. The zero-order chi connectivity index (χ0) is 19.6. The number of esters is 1. The molecule has 1 aromatic carbocycles. The van der Waals surface area contributed by atoms with Gasteiger partial charge in [-0.15, -0.1) is 0 Å². The summed E-state index contributed by atoms with van der Waals surface area (Å²) in [5.41, 5.74) is 1.97. The molecule has 152 valence electrons. The van der Waals surface area contributed by atoms with Crippen LogP contribution in [-0.4, -0.2) is 68.8 Å². The van der Waals surface area contributed by atoms with Gasteiger partial charge in [0.05, 0.1) is 18.6 Å². The molecule has 0 bridgehead atoms. The normalized spacial score (nSPS) is 28.4. The van der Waals surface area contributed by atoms with Gasteiger partial charge in [0.15, 0.2) is 0 Å². The standard InChI is InChI=1S/C23H32N2O3/c1-18-14-20-17-28-22(26)23(20,15-18)16-19-4-6-21(7-5-19)27-13-3-8-25-11-9-24(2)10-12-25/h4-7,20H,1,3,8-17H2,2H3. The summed E-state index contributed by atoms with van der Waals surface area (Å²) in [6.07, 6.45) is 3.46. The van der Waals surface area contributed by atoms with Crippen molar-refractivity contribution < 1.29 is 14.3 Å². The first-order valence-corrected chi connectivity index (χ1v) is 10.5. The second kappa shape index (κ2) is 8.26. The Hall–Kier alpha value is -1.85. The minimum atomic E-state index is -0.387. The van der Waals surface area contributed by atoms with E-state index >= 15 is 0 Å². The van der Waals surface area contributed by atoms with Crippen molar-refractivity contribution >= 4 is 5.97 Å². The van der Waals surface area contributed by atoms with Gasteiger partial charge in [-0.25, -0.2) is 0 Å². The Bertz CT molecular complexity index is 709. The molecule has 0 amide bonds. The van der Waals surface area contributed by atoms with Gasteiger partial charge in [-0.05, 0) is 50.4 Å². The molecule has 0 radical (unpaired) electrons. The number of carbonyl (C=O) groups is 1. The van der Waals surface area contributed by atoms with Crippen molar-refractivity contribution in [1.29, 1.82) is 0 Å². The van der Waals surface area contributed by atoms with Gasteiger partial charge < -0.3 is 19.3 Å². The van der Waals surface area contributed by atoms with Crippen LogP contribution in [0.2, 0.25) is 0 Å². The highest BCUT2D eigenvalue weighted by atomic mass is 16.5. The molecule has 5 nitrogen and oxygen atoms in total. The second-order valence-electron chi connectivity index (χ2n) is 8.75. The van der Waals surface area contributed by atoms with Gasteiger partial charge in [0, 0.05) is 38.6 Å². The summed E-state index contributed by atoms with van der Waals surface area (Å²) < 4.78 is 11.3. The Morgan fingerprint density at radius 3 is 2.71 bits per heavy atom. The van der Waals surface area contributed by atoms with Gasteiger partial charge in [-0.1, -0.05) is 24.3 Å². The first-order valence-electron chi connectivity index (χ1n) is 10.5. The van der Waals surface area contributed by atoms with Crippen LogP contribution < -0.4 is 4.74 Å². The summed E-state index contributed by atoms with van der Waals surface area (Å²) in [5.74, 6) is 1.15. The molecule has 3 fully saturated rings. The quantitative estimate of drug-likeness (QED) is 0.411. The average molecular weight is 385 g/mol. The number of likely N-dealkylation sites (N-methyl/N-ethyl adjacent to an activating group) is 1. The third-order valence-electron chi connectivity index (χ3n) is 6.63. The van der Waals surface area contributed by atoms with Gasteiger partial charge >= 0.3 is 5.97 Å². The fraction of sp³-hybridized carbons (Fsp3) is 0.609. The molecule has 2 unspecified atom stereocenters. The van der Waals surface area contributed by atoms with E-state index in [-0.39, 0.29) is 17.3 Å².